The number of amides is 1. The molecule has 24 heavy (non-hydrogen) atoms. The number of nitrogens with one attached hydrogen (secondary N) is 1. The van der Waals surface area contributed by atoms with Crippen molar-refractivity contribution in [2.45, 2.75) is 13.0 Å². The van der Waals surface area contributed by atoms with E-state index in [-0.39, 0.29) is 5.91 Å². The van der Waals surface area contributed by atoms with E-state index in [0.717, 1.165) is 21.4 Å². The SMILES string of the molecule is CN(CC(=O)Nc1ccc2c(c1)OCCCO2)Cc1ccc(Cl)s1. The Morgan fingerprint density at radius 2 is 2.04 bits per heavy atom. The van der Waals surface area contributed by atoms with Gasteiger partial charge in [0.25, 0.3) is 0 Å². The fourth-order valence-electron chi connectivity index (χ4n) is 2.45. The Hall–Kier alpha value is -1.76. The summed E-state index contributed by atoms with van der Waals surface area (Å²) in [5.41, 5.74) is 0.705. The maximum absolute atomic E-state index is 12.2. The Balaban J connectivity index is 1.55. The molecule has 0 saturated heterocycles. The largest absolute Gasteiger partial charge is 0.490 e. The fraction of sp³-hybridized carbons (Fsp3) is 0.353. The van der Waals surface area contributed by atoms with E-state index in [1.807, 2.05) is 36.2 Å². The zero-order chi connectivity index (χ0) is 16.9. The van der Waals surface area contributed by atoms with Crippen LogP contribution in [0.5, 0.6) is 11.5 Å². The van der Waals surface area contributed by atoms with Crippen LogP contribution in [-0.2, 0) is 11.3 Å². The number of benzene rings is 1. The quantitative estimate of drug-likeness (QED) is 0.877. The first-order valence-electron chi connectivity index (χ1n) is 7.72. The summed E-state index contributed by atoms with van der Waals surface area (Å²) < 4.78 is 12.0. The number of hydrogen-bond acceptors (Lipinski definition) is 5. The summed E-state index contributed by atoms with van der Waals surface area (Å²) in [5, 5.41) is 2.90. The topological polar surface area (TPSA) is 50.8 Å². The lowest BCUT2D eigenvalue weighted by molar-refractivity contribution is -0.117. The van der Waals surface area contributed by atoms with E-state index < -0.39 is 0 Å². The third-order valence-electron chi connectivity index (χ3n) is 3.50. The van der Waals surface area contributed by atoms with Gasteiger partial charge >= 0.3 is 0 Å². The molecule has 1 aromatic heterocycles. The van der Waals surface area contributed by atoms with E-state index in [2.05, 4.69) is 5.32 Å². The molecule has 1 N–H and O–H groups in total. The number of halogens is 1. The van der Waals surface area contributed by atoms with Crippen LogP contribution in [0.4, 0.5) is 5.69 Å². The Morgan fingerprint density at radius 1 is 1.25 bits per heavy atom. The van der Waals surface area contributed by atoms with Crippen LogP contribution in [0.3, 0.4) is 0 Å². The number of ether oxygens (including phenoxy) is 2. The molecule has 0 aliphatic carbocycles. The van der Waals surface area contributed by atoms with Gasteiger partial charge in [0.15, 0.2) is 11.5 Å². The molecule has 2 heterocycles. The van der Waals surface area contributed by atoms with E-state index in [1.54, 1.807) is 6.07 Å². The first-order chi connectivity index (χ1) is 11.6. The molecule has 0 bridgehead atoms. The molecular formula is C17H19ClN2O3S. The van der Waals surface area contributed by atoms with Crippen molar-refractivity contribution >= 4 is 34.5 Å². The van der Waals surface area contributed by atoms with Gasteiger partial charge in [0.05, 0.1) is 24.1 Å². The predicted molar refractivity (Wildman–Crippen MR) is 96.3 cm³/mol. The summed E-state index contributed by atoms with van der Waals surface area (Å²) in [4.78, 5) is 15.3. The summed E-state index contributed by atoms with van der Waals surface area (Å²) in [6, 6.07) is 9.30. The molecule has 1 aromatic carbocycles. The number of thiophene rings is 1. The van der Waals surface area contributed by atoms with E-state index in [0.29, 0.717) is 37.7 Å². The average Bonchev–Trinajstić information content (AvgIpc) is 2.80. The molecule has 0 radical (unpaired) electrons. The van der Waals surface area contributed by atoms with Gasteiger partial charge in [-0.1, -0.05) is 11.6 Å². The number of carbonyl (C=O) groups excluding carboxylic acids is 1. The first kappa shape index (κ1) is 17.1. The summed E-state index contributed by atoms with van der Waals surface area (Å²) in [6.45, 7) is 2.25. The zero-order valence-electron chi connectivity index (χ0n) is 13.4. The van der Waals surface area contributed by atoms with Crippen LogP contribution in [0, 0.1) is 0 Å². The van der Waals surface area contributed by atoms with E-state index in [9.17, 15) is 4.79 Å². The van der Waals surface area contributed by atoms with E-state index >= 15 is 0 Å². The van der Waals surface area contributed by atoms with Gasteiger partial charge in [0.1, 0.15) is 0 Å². The lowest BCUT2D eigenvalue weighted by Crippen LogP contribution is -2.29. The maximum Gasteiger partial charge on any atom is 0.238 e. The third-order valence-corrected chi connectivity index (χ3v) is 4.72. The fourth-order valence-corrected chi connectivity index (χ4v) is 3.61. The number of rotatable bonds is 5. The highest BCUT2D eigenvalue weighted by atomic mass is 35.5. The van der Waals surface area contributed by atoms with E-state index in [1.165, 1.54) is 11.3 Å². The highest BCUT2D eigenvalue weighted by Crippen LogP contribution is 2.32. The number of likely N-dealkylation sites (N-methyl/N-ethyl adjacent to an activating group) is 1. The molecule has 128 valence electrons. The molecule has 0 saturated carbocycles. The van der Waals surface area contributed by atoms with Crippen molar-refractivity contribution in [1.82, 2.24) is 4.90 Å². The Labute approximate surface area is 150 Å². The lowest BCUT2D eigenvalue weighted by atomic mass is 10.2. The van der Waals surface area contributed by atoms with Gasteiger partial charge < -0.3 is 14.8 Å². The Bertz CT molecular complexity index is 720. The van der Waals surface area contributed by atoms with Crippen molar-refractivity contribution in [3.05, 3.63) is 39.5 Å². The molecule has 0 fully saturated rings. The monoisotopic (exact) mass is 366 g/mol. The number of carbonyl (C=O) groups is 1. The summed E-state index contributed by atoms with van der Waals surface area (Å²) in [7, 11) is 1.90. The molecule has 2 aromatic rings. The van der Waals surface area contributed by atoms with E-state index in [4.69, 9.17) is 21.1 Å². The molecule has 0 unspecified atom stereocenters. The second kappa shape index (κ2) is 7.88. The Kier molecular flexibility index (Phi) is 5.60. The van der Waals surface area contributed by atoms with Crippen LogP contribution >= 0.6 is 22.9 Å². The zero-order valence-corrected chi connectivity index (χ0v) is 15.0. The molecule has 0 atom stereocenters. The average molecular weight is 367 g/mol. The molecule has 5 nitrogen and oxygen atoms in total. The van der Waals surface area contributed by atoms with Crippen LogP contribution in [0.25, 0.3) is 0 Å². The molecular weight excluding hydrogens is 348 g/mol. The standard InChI is InChI=1S/C17H19ClN2O3S/c1-20(10-13-4-6-16(18)24-13)11-17(21)19-12-3-5-14-15(9-12)23-8-2-7-22-14/h3-6,9H,2,7-8,10-11H2,1H3,(H,19,21). The number of nitrogens with zero attached hydrogens (tertiary/aromatic N) is 1. The number of hydrogen-bond donors (Lipinski definition) is 1. The molecule has 0 spiro atoms. The van der Waals surface area contributed by atoms with Crippen LogP contribution in [0.15, 0.2) is 30.3 Å². The number of anilines is 1. The molecule has 1 amide bonds. The van der Waals surface area contributed by atoms with Gasteiger partial charge in [-0.3, -0.25) is 9.69 Å². The van der Waals surface area contributed by atoms with Crippen molar-refractivity contribution in [2.75, 3.05) is 32.1 Å². The summed E-state index contributed by atoms with van der Waals surface area (Å²) in [5.74, 6) is 1.32. The Morgan fingerprint density at radius 3 is 2.79 bits per heavy atom. The smallest absolute Gasteiger partial charge is 0.238 e. The van der Waals surface area contributed by atoms with Crippen LogP contribution in [0.1, 0.15) is 11.3 Å². The minimum atomic E-state index is -0.0744. The van der Waals surface area contributed by atoms with Crippen LogP contribution < -0.4 is 14.8 Å². The van der Waals surface area contributed by atoms with Gasteiger partial charge in [-0.25, -0.2) is 0 Å². The third kappa shape index (κ3) is 4.63. The summed E-state index contributed by atoms with van der Waals surface area (Å²) in [6.07, 6.45) is 0.855. The highest BCUT2D eigenvalue weighted by molar-refractivity contribution is 7.16. The van der Waals surface area contributed by atoms with Crippen molar-refractivity contribution in [1.29, 1.82) is 0 Å². The molecule has 1 aliphatic heterocycles. The van der Waals surface area contributed by atoms with Crippen molar-refractivity contribution in [3.8, 4) is 11.5 Å². The predicted octanol–water partition coefficient (Wildman–Crippen LogP) is 3.63. The van der Waals surface area contributed by atoms with Crippen molar-refractivity contribution < 1.29 is 14.3 Å². The van der Waals surface area contributed by atoms with Gasteiger partial charge in [0, 0.05) is 29.6 Å². The normalized spacial score (nSPS) is 13.6. The highest BCUT2D eigenvalue weighted by Gasteiger charge is 2.13. The molecule has 1 aliphatic rings. The minimum absolute atomic E-state index is 0.0744. The maximum atomic E-state index is 12.2. The summed E-state index contributed by atoms with van der Waals surface area (Å²) >= 11 is 7.45. The van der Waals surface area contributed by atoms with Gasteiger partial charge in [0.2, 0.25) is 5.91 Å². The van der Waals surface area contributed by atoms with Gasteiger partial charge in [-0.05, 0) is 31.3 Å². The van der Waals surface area contributed by atoms with Gasteiger partial charge in [-0.15, -0.1) is 11.3 Å². The first-order valence-corrected chi connectivity index (χ1v) is 8.92. The van der Waals surface area contributed by atoms with Crippen LogP contribution in [0.2, 0.25) is 4.34 Å². The van der Waals surface area contributed by atoms with Crippen molar-refractivity contribution in [2.24, 2.45) is 0 Å². The van der Waals surface area contributed by atoms with Crippen molar-refractivity contribution in [3.63, 3.8) is 0 Å². The second-order valence-corrected chi connectivity index (χ2v) is 7.44. The minimum Gasteiger partial charge on any atom is -0.490 e. The molecule has 7 heteroatoms. The van der Waals surface area contributed by atoms with Crippen LogP contribution in [-0.4, -0.2) is 37.6 Å². The molecule has 3 rings (SSSR count). The second-order valence-electron chi connectivity index (χ2n) is 5.64. The number of fused-ring (bicyclic) bond motifs is 1. The van der Waals surface area contributed by atoms with Gasteiger partial charge in [-0.2, -0.15) is 0 Å². The lowest BCUT2D eigenvalue weighted by Gasteiger charge is -2.16.